The number of hydrogen-bond donors (Lipinski definition) is 0. The fraction of sp³-hybridized carbons (Fsp3) is 0.450. The summed E-state index contributed by atoms with van der Waals surface area (Å²) in [4.78, 5) is 30.8. The molecule has 1 amide bonds. The van der Waals surface area contributed by atoms with Gasteiger partial charge in [0.2, 0.25) is 5.91 Å². The summed E-state index contributed by atoms with van der Waals surface area (Å²) >= 11 is 7.32. The van der Waals surface area contributed by atoms with Crippen LogP contribution in [0.5, 0.6) is 5.75 Å². The minimum atomic E-state index is -0.226. The van der Waals surface area contributed by atoms with Gasteiger partial charge < -0.3 is 14.4 Å². The molecule has 150 valence electrons. The molecule has 1 aliphatic heterocycles. The first-order chi connectivity index (χ1) is 13.5. The number of nitrogens with zero attached hydrogens (tertiary/aromatic N) is 2. The number of rotatable bonds is 7. The minimum absolute atomic E-state index is 0.00975. The average Bonchev–Trinajstić information content (AvgIpc) is 3.15. The van der Waals surface area contributed by atoms with Crippen LogP contribution in [0.25, 0.3) is 0 Å². The molecule has 0 unspecified atom stereocenters. The highest BCUT2D eigenvalue weighted by Crippen LogP contribution is 2.21. The van der Waals surface area contributed by atoms with Gasteiger partial charge in [-0.3, -0.25) is 9.59 Å². The molecule has 2 aromatic rings. The summed E-state index contributed by atoms with van der Waals surface area (Å²) in [6.45, 7) is 3.60. The number of benzene rings is 1. The van der Waals surface area contributed by atoms with E-state index >= 15 is 0 Å². The fourth-order valence-corrected chi connectivity index (χ4v) is 3.93. The van der Waals surface area contributed by atoms with Gasteiger partial charge in [0.25, 0.3) is 0 Å². The first-order valence-electron chi connectivity index (χ1n) is 9.31. The van der Waals surface area contributed by atoms with E-state index in [-0.39, 0.29) is 24.2 Å². The Kier molecular flexibility index (Phi) is 7.28. The van der Waals surface area contributed by atoms with Crippen molar-refractivity contribution >= 4 is 34.8 Å². The van der Waals surface area contributed by atoms with Crippen molar-refractivity contribution in [2.24, 2.45) is 5.92 Å². The third-order valence-electron chi connectivity index (χ3n) is 4.50. The van der Waals surface area contributed by atoms with Gasteiger partial charge in [-0.1, -0.05) is 11.6 Å². The van der Waals surface area contributed by atoms with Crippen LogP contribution >= 0.6 is 22.9 Å². The van der Waals surface area contributed by atoms with Crippen molar-refractivity contribution in [1.82, 2.24) is 9.88 Å². The van der Waals surface area contributed by atoms with E-state index in [1.54, 1.807) is 36.1 Å². The molecule has 2 heterocycles. The van der Waals surface area contributed by atoms with Crippen molar-refractivity contribution < 1.29 is 19.1 Å². The lowest BCUT2D eigenvalue weighted by atomic mass is 9.98. The fourth-order valence-electron chi connectivity index (χ4n) is 3.10. The molecule has 1 fully saturated rings. The average molecular weight is 423 g/mol. The van der Waals surface area contributed by atoms with Gasteiger partial charge in [-0.05, 0) is 44.0 Å². The summed E-state index contributed by atoms with van der Waals surface area (Å²) in [6.07, 6.45) is 1.81. The zero-order chi connectivity index (χ0) is 19.9. The van der Waals surface area contributed by atoms with Crippen molar-refractivity contribution in [2.75, 3.05) is 19.7 Å². The lowest BCUT2D eigenvalue weighted by Gasteiger charge is -2.31. The molecule has 1 aromatic carbocycles. The second kappa shape index (κ2) is 9.89. The molecule has 0 saturated carbocycles. The number of amides is 1. The Balaban J connectivity index is 1.50. The first kappa shape index (κ1) is 20.6. The van der Waals surface area contributed by atoms with Crippen molar-refractivity contribution in [2.45, 2.75) is 32.8 Å². The topological polar surface area (TPSA) is 68.7 Å². The zero-order valence-electron chi connectivity index (χ0n) is 15.7. The second-order valence-electron chi connectivity index (χ2n) is 6.58. The predicted octanol–water partition coefficient (Wildman–Crippen LogP) is 3.72. The van der Waals surface area contributed by atoms with E-state index in [1.807, 2.05) is 5.38 Å². The lowest BCUT2D eigenvalue weighted by Crippen LogP contribution is -2.43. The van der Waals surface area contributed by atoms with Gasteiger partial charge in [-0.2, -0.15) is 0 Å². The Morgan fingerprint density at radius 3 is 2.86 bits per heavy atom. The first-order valence-corrected chi connectivity index (χ1v) is 10.6. The van der Waals surface area contributed by atoms with E-state index in [9.17, 15) is 9.59 Å². The van der Waals surface area contributed by atoms with E-state index in [0.29, 0.717) is 31.3 Å². The molecular weight excluding hydrogens is 400 g/mol. The van der Waals surface area contributed by atoms with Crippen LogP contribution < -0.4 is 4.74 Å². The van der Waals surface area contributed by atoms with E-state index < -0.39 is 0 Å². The van der Waals surface area contributed by atoms with Crippen molar-refractivity contribution in [3.05, 3.63) is 45.4 Å². The number of esters is 1. The van der Waals surface area contributed by atoms with E-state index in [4.69, 9.17) is 21.1 Å². The zero-order valence-corrected chi connectivity index (χ0v) is 17.3. The van der Waals surface area contributed by atoms with Crippen LogP contribution in [0.3, 0.4) is 0 Å². The highest BCUT2D eigenvalue weighted by Gasteiger charge is 2.29. The van der Waals surface area contributed by atoms with Gasteiger partial charge in [0.05, 0.1) is 24.6 Å². The number of piperidine rings is 1. The van der Waals surface area contributed by atoms with Gasteiger partial charge >= 0.3 is 5.97 Å². The predicted molar refractivity (Wildman–Crippen MR) is 108 cm³/mol. The number of halogens is 1. The summed E-state index contributed by atoms with van der Waals surface area (Å²) < 4.78 is 10.8. The second-order valence-corrected chi connectivity index (χ2v) is 7.96. The maximum atomic E-state index is 12.6. The normalized spacial score (nSPS) is 16.6. The third-order valence-corrected chi connectivity index (χ3v) is 5.62. The van der Waals surface area contributed by atoms with Gasteiger partial charge in [0.1, 0.15) is 17.4 Å². The minimum Gasteiger partial charge on any atom is -0.486 e. The maximum absolute atomic E-state index is 12.6. The monoisotopic (exact) mass is 422 g/mol. The Morgan fingerprint density at radius 2 is 2.11 bits per heavy atom. The van der Waals surface area contributed by atoms with Crippen LogP contribution in [-0.4, -0.2) is 41.5 Å². The molecule has 0 N–H and O–H groups in total. The molecule has 0 radical (unpaired) electrons. The Labute approximate surface area is 173 Å². The van der Waals surface area contributed by atoms with Gasteiger partial charge in [-0.15, -0.1) is 11.3 Å². The molecule has 28 heavy (non-hydrogen) atoms. The molecule has 0 bridgehead atoms. The largest absolute Gasteiger partial charge is 0.486 e. The van der Waals surface area contributed by atoms with Crippen molar-refractivity contribution in [3.8, 4) is 5.75 Å². The Bertz CT molecular complexity index is 809. The summed E-state index contributed by atoms with van der Waals surface area (Å²) in [5.74, 6) is 0.270. The SMILES string of the molecule is CCOC(=O)[C@@H]1CCCN(C(=O)Cc2csc(COc3ccc(Cl)cc3)n2)C1. The number of thiazole rings is 1. The van der Waals surface area contributed by atoms with Crippen LogP contribution in [0.1, 0.15) is 30.5 Å². The third kappa shape index (κ3) is 5.69. The number of ether oxygens (including phenoxy) is 2. The van der Waals surface area contributed by atoms with Crippen LogP contribution in [0.4, 0.5) is 0 Å². The molecule has 1 aromatic heterocycles. The van der Waals surface area contributed by atoms with E-state index in [2.05, 4.69) is 4.98 Å². The molecule has 0 aliphatic carbocycles. The number of hydrogen-bond acceptors (Lipinski definition) is 6. The smallest absolute Gasteiger partial charge is 0.310 e. The number of carbonyl (C=O) groups is 2. The van der Waals surface area contributed by atoms with Crippen LogP contribution in [0.2, 0.25) is 5.02 Å². The molecule has 1 atom stereocenters. The van der Waals surface area contributed by atoms with Crippen LogP contribution in [0.15, 0.2) is 29.6 Å². The highest BCUT2D eigenvalue weighted by molar-refractivity contribution is 7.09. The quantitative estimate of drug-likeness (QED) is 0.636. The summed E-state index contributed by atoms with van der Waals surface area (Å²) in [7, 11) is 0. The lowest BCUT2D eigenvalue weighted by molar-refractivity contribution is -0.151. The van der Waals surface area contributed by atoms with Crippen LogP contribution in [0, 0.1) is 5.92 Å². The van der Waals surface area contributed by atoms with Crippen molar-refractivity contribution in [1.29, 1.82) is 0 Å². The van der Waals surface area contributed by atoms with Gasteiger partial charge in [-0.25, -0.2) is 4.98 Å². The highest BCUT2D eigenvalue weighted by atomic mass is 35.5. The molecule has 8 heteroatoms. The molecule has 6 nitrogen and oxygen atoms in total. The summed E-state index contributed by atoms with van der Waals surface area (Å²) in [6, 6.07) is 7.14. The van der Waals surface area contributed by atoms with E-state index in [1.165, 1.54) is 11.3 Å². The summed E-state index contributed by atoms with van der Waals surface area (Å²) in [5, 5.41) is 3.34. The molecule has 3 rings (SSSR count). The molecule has 1 aliphatic rings. The Hall–Kier alpha value is -2.12. The summed E-state index contributed by atoms with van der Waals surface area (Å²) in [5.41, 5.74) is 0.725. The van der Waals surface area contributed by atoms with Gasteiger partial charge in [0.15, 0.2) is 0 Å². The van der Waals surface area contributed by atoms with Gasteiger partial charge in [0, 0.05) is 23.5 Å². The maximum Gasteiger partial charge on any atom is 0.310 e. The van der Waals surface area contributed by atoms with Crippen LogP contribution in [-0.2, 0) is 27.4 Å². The standard InChI is InChI=1S/C20H23ClN2O4S/c1-2-26-20(25)14-4-3-9-23(11-14)19(24)10-16-13-28-18(22-16)12-27-17-7-5-15(21)6-8-17/h5-8,13-14H,2-4,9-12H2,1H3/t14-/m1/s1. The Morgan fingerprint density at radius 1 is 1.32 bits per heavy atom. The molecule has 1 saturated heterocycles. The van der Waals surface area contributed by atoms with E-state index in [0.717, 1.165) is 29.3 Å². The van der Waals surface area contributed by atoms with Crippen molar-refractivity contribution in [3.63, 3.8) is 0 Å². The number of aromatic nitrogens is 1. The molecular formula is C20H23ClN2O4S. The number of carbonyl (C=O) groups excluding carboxylic acids is 2. The number of likely N-dealkylation sites (tertiary alicyclic amines) is 1. The molecule has 0 spiro atoms.